The summed E-state index contributed by atoms with van der Waals surface area (Å²) in [5.74, 6) is 0.842. The fourth-order valence-corrected chi connectivity index (χ4v) is 4.16. The molecule has 0 unspecified atom stereocenters. The molecule has 2 N–H and O–H groups in total. The van der Waals surface area contributed by atoms with Gasteiger partial charge in [0.2, 0.25) is 5.91 Å². The van der Waals surface area contributed by atoms with Crippen LogP contribution in [0.2, 0.25) is 5.02 Å². The molecule has 0 atom stereocenters. The Morgan fingerprint density at radius 2 is 1.71 bits per heavy atom. The molecule has 0 saturated heterocycles. The van der Waals surface area contributed by atoms with Crippen LogP contribution in [0.25, 0.3) is 0 Å². The number of halogens is 1. The van der Waals surface area contributed by atoms with E-state index in [1.165, 1.54) is 17.8 Å². The lowest BCUT2D eigenvalue weighted by Gasteiger charge is -2.10. The molecule has 0 spiro atoms. The average Bonchev–Trinajstić information content (AvgIpc) is 3.03. The standard InChI is InChI=1S/C23H17ClN2O4S/c24-20-7-2-1-4-14(20)12-31-13-21(27)25-15-5-3-6-16(10-15)30-17-8-9-18-19(11-17)23(29)26-22(18)28/h1-11H,12-13H2,(H,25,27)(H,26,28,29). The van der Waals surface area contributed by atoms with Gasteiger partial charge in [0, 0.05) is 22.5 Å². The molecule has 0 aromatic heterocycles. The fraction of sp³-hybridized carbons (Fsp3) is 0.0870. The van der Waals surface area contributed by atoms with Crippen LogP contribution >= 0.6 is 23.4 Å². The number of thioether (sulfide) groups is 1. The van der Waals surface area contributed by atoms with Crippen molar-refractivity contribution in [1.29, 1.82) is 0 Å². The molecule has 1 heterocycles. The lowest BCUT2D eigenvalue weighted by Crippen LogP contribution is -2.19. The maximum Gasteiger partial charge on any atom is 0.259 e. The normalized spacial score (nSPS) is 12.3. The molecule has 3 aromatic carbocycles. The van der Waals surface area contributed by atoms with Crippen molar-refractivity contribution in [3.8, 4) is 11.5 Å². The predicted octanol–water partition coefficient (Wildman–Crippen LogP) is 4.89. The topological polar surface area (TPSA) is 84.5 Å². The number of ether oxygens (including phenoxy) is 1. The minimum atomic E-state index is -0.444. The highest BCUT2D eigenvalue weighted by Crippen LogP contribution is 2.28. The number of carbonyl (C=O) groups excluding carboxylic acids is 3. The number of amides is 3. The minimum absolute atomic E-state index is 0.137. The van der Waals surface area contributed by atoms with Crippen molar-refractivity contribution in [2.45, 2.75) is 5.75 Å². The summed E-state index contributed by atoms with van der Waals surface area (Å²) in [6.45, 7) is 0. The van der Waals surface area contributed by atoms with Crippen molar-refractivity contribution in [3.05, 3.63) is 88.4 Å². The second-order valence-corrected chi connectivity index (χ2v) is 8.15. The van der Waals surface area contributed by atoms with Crippen molar-refractivity contribution in [1.82, 2.24) is 5.32 Å². The number of carbonyl (C=O) groups is 3. The molecule has 8 heteroatoms. The Kier molecular flexibility index (Phi) is 6.25. The van der Waals surface area contributed by atoms with E-state index in [0.29, 0.717) is 33.5 Å². The first-order valence-corrected chi connectivity index (χ1v) is 10.9. The number of benzene rings is 3. The van der Waals surface area contributed by atoms with Crippen LogP contribution in [0, 0.1) is 0 Å². The third-order valence-electron chi connectivity index (χ3n) is 4.51. The van der Waals surface area contributed by atoms with E-state index in [0.717, 1.165) is 5.56 Å². The van der Waals surface area contributed by atoms with Gasteiger partial charge in [-0.2, -0.15) is 0 Å². The second-order valence-electron chi connectivity index (χ2n) is 6.75. The zero-order valence-corrected chi connectivity index (χ0v) is 17.8. The molecule has 0 bridgehead atoms. The Labute approximate surface area is 187 Å². The van der Waals surface area contributed by atoms with Gasteiger partial charge in [-0.15, -0.1) is 11.8 Å². The van der Waals surface area contributed by atoms with Gasteiger partial charge in [0.25, 0.3) is 11.8 Å². The van der Waals surface area contributed by atoms with Gasteiger partial charge in [-0.1, -0.05) is 35.9 Å². The van der Waals surface area contributed by atoms with Crippen LogP contribution in [-0.2, 0) is 10.5 Å². The van der Waals surface area contributed by atoms with Crippen LogP contribution in [0.3, 0.4) is 0 Å². The number of rotatable bonds is 7. The Hall–Kier alpha value is -3.29. The van der Waals surface area contributed by atoms with E-state index in [9.17, 15) is 14.4 Å². The van der Waals surface area contributed by atoms with Crippen molar-refractivity contribution >= 4 is 46.8 Å². The minimum Gasteiger partial charge on any atom is -0.457 e. The van der Waals surface area contributed by atoms with Crippen molar-refractivity contribution in [2.24, 2.45) is 0 Å². The first kappa shape index (κ1) is 21.0. The Morgan fingerprint density at radius 1 is 0.935 bits per heavy atom. The molecule has 3 aromatic rings. The van der Waals surface area contributed by atoms with E-state index >= 15 is 0 Å². The second kappa shape index (κ2) is 9.24. The van der Waals surface area contributed by atoms with Crippen molar-refractivity contribution in [3.63, 3.8) is 0 Å². The molecule has 0 saturated carbocycles. The SMILES string of the molecule is O=C(CSCc1ccccc1Cl)Nc1cccc(Oc2ccc3c(c2)C(=O)NC3=O)c1. The Bertz CT molecular complexity index is 1180. The quantitative estimate of drug-likeness (QED) is 0.499. The molecule has 3 amide bonds. The first-order chi connectivity index (χ1) is 15.0. The molecular weight excluding hydrogens is 436 g/mol. The van der Waals surface area contributed by atoms with E-state index in [4.69, 9.17) is 16.3 Å². The maximum atomic E-state index is 12.3. The summed E-state index contributed by atoms with van der Waals surface area (Å²) in [5.41, 5.74) is 2.19. The number of nitrogens with one attached hydrogen (secondary N) is 2. The van der Waals surface area contributed by atoms with Gasteiger partial charge in [0.1, 0.15) is 11.5 Å². The van der Waals surface area contributed by atoms with E-state index in [1.54, 1.807) is 36.4 Å². The molecular formula is C23H17ClN2O4S. The highest BCUT2D eigenvalue weighted by atomic mass is 35.5. The zero-order valence-electron chi connectivity index (χ0n) is 16.2. The number of fused-ring (bicyclic) bond motifs is 1. The van der Waals surface area contributed by atoms with Gasteiger partial charge < -0.3 is 10.1 Å². The van der Waals surface area contributed by atoms with Gasteiger partial charge >= 0.3 is 0 Å². The summed E-state index contributed by atoms with van der Waals surface area (Å²) >= 11 is 7.61. The summed E-state index contributed by atoms with van der Waals surface area (Å²) in [5, 5.41) is 5.77. The zero-order chi connectivity index (χ0) is 21.8. The van der Waals surface area contributed by atoms with Gasteiger partial charge in [-0.25, -0.2) is 0 Å². The largest absolute Gasteiger partial charge is 0.457 e. The number of hydrogen-bond donors (Lipinski definition) is 2. The molecule has 6 nitrogen and oxygen atoms in total. The summed E-state index contributed by atoms with van der Waals surface area (Å²) in [6.07, 6.45) is 0. The molecule has 31 heavy (non-hydrogen) atoms. The predicted molar refractivity (Wildman–Crippen MR) is 121 cm³/mol. The third kappa shape index (κ3) is 5.07. The summed E-state index contributed by atoms with van der Waals surface area (Å²) in [7, 11) is 0. The van der Waals surface area contributed by atoms with E-state index in [-0.39, 0.29) is 17.2 Å². The van der Waals surface area contributed by atoms with Gasteiger partial charge in [-0.05, 0) is 42.0 Å². The smallest absolute Gasteiger partial charge is 0.259 e. The third-order valence-corrected chi connectivity index (χ3v) is 5.86. The number of imide groups is 1. The average molecular weight is 453 g/mol. The molecule has 0 fully saturated rings. The summed E-state index contributed by atoms with van der Waals surface area (Å²) in [6, 6.07) is 19.2. The summed E-state index contributed by atoms with van der Waals surface area (Å²) < 4.78 is 5.80. The van der Waals surface area contributed by atoms with E-state index in [1.807, 2.05) is 24.3 Å². The van der Waals surface area contributed by atoms with Crippen LogP contribution in [0.15, 0.2) is 66.7 Å². The first-order valence-electron chi connectivity index (χ1n) is 9.38. The van der Waals surface area contributed by atoms with Gasteiger partial charge in [0.15, 0.2) is 0 Å². The molecule has 1 aliphatic heterocycles. The molecule has 0 aliphatic carbocycles. The lowest BCUT2D eigenvalue weighted by atomic mass is 10.1. The molecule has 156 valence electrons. The Balaban J connectivity index is 1.35. The van der Waals surface area contributed by atoms with Gasteiger partial charge in [0.05, 0.1) is 16.9 Å². The van der Waals surface area contributed by atoms with Crippen LogP contribution in [0.4, 0.5) is 5.69 Å². The lowest BCUT2D eigenvalue weighted by molar-refractivity contribution is -0.113. The number of hydrogen-bond acceptors (Lipinski definition) is 5. The van der Waals surface area contributed by atoms with Crippen LogP contribution < -0.4 is 15.4 Å². The van der Waals surface area contributed by atoms with Crippen molar-refractivity contribution < 1.29 is 19.1 Å². The summed E-state index contributed by atoms with van der Waals surface area (Å²) in [4.78, 5) is 35.7. The van der Waals surface area contributed by atoms with Crippen LogP contribution in [-0.4, -0.2) is 23.5 Å². The highest BCUT2D eigenvalue weighted by molar-refractivity contribution is 7.99. The fourth-order valence-electron chi connectivity index (χ4n) is 3.05. The number of anilines is 1. The van der Waals surface area contributed by atoms with Gasteiger partial charge in [-0.3, -0.25) is 19.7 Å². The highest BCUT2D eigenvalue weighted by Gasteiger charge is 2.26. The molecule has 4 rings (SSSR count). The Morgan fingerprint density at radius 3 is 2.55 bits per heavy atom. The maximum absolute atomic E-state index is 12.3. The molecule has 1 aliphatic rings. The van der Waals surface area contributed by atoms with E-state index < -0.39 is 11.8 Å². The van der Waals surface area contributed by atoms with Crippen molar-refractivity contribution in [2.75, 3.05) is 11.1 Å². The van der Waals surface area contributed by atoms with Crippen LogP contribution in [0.1, 0.15) is 26.3 Å². The monoisotopic (exact) mass is 452 g/mol. The van der Waals surface area contributed by atoms with E-state index in [2.05, 4.69) is 10.6 Å². The van der Waals surface area contributed by atoms with Crippen LogP contribution in [0.5, 0.6) is 11.5 Å². The molecule has 0 radical (unpaired) electrons.